The van der Waals surface area contributed by atoms with Crippen LogP contribution in [0.2, 0.25) is 0 Å². The Kier molecular flexibility index (Phi) is 0.795. The molecule has 0 fully saturated rings. The second kappa shape index (κ2) is 1.30. The molecule has 4 heteroatoms. The van der Waals surface area contributed by atoms with E-state index in [1.54, 1.807) is 0 Å². The highest BCUT2D eigenvalue weighted by Crippen LogP contribution is 1.95. The normalized spacial score (nSPS) is 8.83. The van der Waals surface area contributed by atoms with Gasteiger partial charge in [0.1, 0.15) is 6.20 Å². The summed E-state index contributed by atoms with van der Waals surface area (Å²) in [6, 6.07) is 0. The van der Waals surface area contributed by atoms with E-state index in [2.05, 4.69) is 27.5 Å². The standard InChI is InChI=1S/C2H2N2OS/c6-2-1-3-4-5-2/h1,6H. The quantitative estimate of drug-likeness (QED) is 0.480. The third-order valence-electron chi connectivity index (χ3n) is 0.350. The van der Waals surface area contributed by atoms with E-state index in [1.807, 2.05) is 0 Å². The molecule has 0 radical (unpaired) electrons. The Balaban J connectivity index is 3.05. The fraction of sp³-hybridized carbons (Fsp3) is 0. The van der Waals surface area contributed by atoms with E-state index in [-0.39, 0.29) is 0 Å². The maximum atomic E-state index is 4.34. The van der Waals surface area contributed by atoms with Crippen molar-refractivity contribution >= 4 is 12.6 Å². The Bertz CT molecular complexity index is 115. The summed E-state index contributed by atoms with van der Waals surface area (Å²) in [4.78, 5) is 0. The van der Waals surface area contributed by atoms with Crippen molar-refractivity contribution in [3.8, 4) is 0 Å². The first-order valence-corrected chi connectivity index (χ1v) is 1.80. The highest BCUT2D eigenvalue weighted by atomic mass is 32.1. The molecule has 0 bridgehead atoms. The molecular weight excluding hydrogens is 100 g/mol. The second-order valence-electron chi connectivity index (χ2n) is 0.756. The minimum absolute atomic E-state index is 0.440. The monoisotopic (exact) mass is 102 g/mol. The molecule has 0 unspecified atom stereocenters. The van der Waals surface area contributed by atoms with Crippen molar-refractivity contribution in [2.45, 2.75) is 5.09 Å². The molecule has 0 aliphatic carbocycles. The molecule has 0 aromatic carbocycles. The van der Waals surface area contributed by atoms with Gasteiger partial charge < -0.3 is 4.52 Å². The van der Waals surface area contributed by atoms with Gasteiger partial charge in [0.15, 0.2) is 0 Å². The summed E-state index contributed by atoms with van der Waals surface area (Å²) in [5.41, 5.74) is 0. The number of thiol groups is 1. The summed E-state index contributed by atoms with van der Waals surface area (Å²) in [6.07, 6.45) is 1.42. The lowest BCUT2D eigenvalue weighted by molar-refractivity contribution is 0.332. The van der Waals surface area contributed by atoms with Crippen LogP contribution in [0.5, 0.6) is 0 Å². The van der Waals surface area contributed by atoms with Crippen LogP contribution in [-0.2, 0) is 0 Å². The zero-order chi connectivity index (χ0) is 4.41. The van der Waals surface area contributed by atoms with Crippen LogP contribution in [0.4, 0.5) is 0 Å². The number of hydrogen-bond donors (Lipinski definition) is 1. The van der Waals surface area contributed by atoms with E-state index in [0.717, 1.165) is 0 Å². The number of nitrogens with zero attached hydrogens (tertiary/aromatic N) is 2. The molecule has 0 aliphatic rings. The van der Waals surface area contributed by atoms with Crippen molar-refractivity contribution < 1.29 is 4.52 Å². The van der Waals surface area contributed by atoms with Crippen molar-refractivity contribution in [2.75, 3.05) is 0 Å². The first-order chi connectivity index (χ1) is 2.89. The summed E-state index contributed by atoms with van der Waals surface area (Å²) >= 11 is 3.74. The number of rotatable bonds is 0. The summed E-state index contributed by atoms with van der Waals surface area (Å²) in [5, 5.41) is 6.89. The zero-order valence-electron chi connectivity index (χ0n) is 2.83. The SMILES string of the molecule is Sc1cnno1. The predicted molar refractivity (Wildman–Crippen MR) is 21.5 cm³/mol. The molecule has 1 rings (SSSR count). The number of hydrogen-bond acceptors (Lipinski definition) is 4. The van der Waals surface area contributed by atoms with E-state index in [0.29, 0.717) is 5.09 Å². The highest BCUT2D eigenvalue weighted by molar-refractivity contribution is 7.80. The zero-order valence-corrected chi connectivity index (χ0v) is 3.72. The van der Waals surface area contributed by atoms with Crippen LogP contribution >= 0.6 is 12.6 Å². The van der Waals surface area contributed by atoms with Gasteiger partial charge in [0.2, 0.25) is 5.09 Å². The Morgan fingerprint density at radius 3 is 2.83 bits per heavy atom. The topological polar surface area (TPSA) is 38.9 Å². The molecule has 0 spiro atoms. The molecule has 3 nitrogen and oxygen atoms in total. The smallest absolute Gasteiger partial charge is 0.210 e. The third kappa shape index (κ3) is 0.514. The predicted octanol–water partition coefficient (Wildman–Crippen LogP) is 0.358. The maximum Gasteiger partial charge on any atom is 0.210 e. The van der Waals surface area contributed by atoms with E-state index >= 15 is 0 Å². The van der Waals surface area contributed by atoms with E-state index in [9.17, 15) is 0 Å². The average molecular weight is 102 g/mol. The lowest BCUT2D eigenvalue weighted by atomic mass is 11.0. The van der Waals surface area contributed by atoms with Gasteiger partial charge in [-0.1, -0.05) is 0 Å². The van der Waals surface area contributed by atoms with E-state index in [1.165, 1.54) is 6.20 Å². The molecule has 0 aliphatic heterocycles. The molecule has 0 saturated heterocycles. The maximum absolute atomic E-state index is 4.34. The Morgan fingerprint density at radius 2 is 2.67 bits per heavy atom. The first kappa shape index (κ1) is 3.67. The summed E-state index contributed by atoms with van der Waals surface area (Å²) in [6.45, 7) is 0. The molecule has 0 atom stereocenters. The lowest BCUT2D eigenvalue weighted by Gasteiger charge is -1.61. The van der Waals surface area contributed by atoms with E-state index in [4.69, 9.17) is 0 Å². The molecule has 0 amide bonds. The van der Waals surface area contributed by atoms with Crippen LogP contribution < -0.4 is 0 Å². The van der Waals surface area contributed by atoms with Crippen molar-refractivity contribution in [1.29, 1.82) is 0 Å². The summed E-state index contributed by atoms with van der Waals surface area (Å²) < 4.78 is 4.34. The van der Waals surface area contributed by atoms with Gasteiger partial charge >= 0.3 is 0 Å². The van der Waals surface area contributed by atoms with Crippen LogP contribution in [0, 0.1) is 0 Å². The van der Waals surface area contributed by atoms with Gasteiger partial charge in [-0.05, 0) is 0 Å². The fourth-order valence-corrected chi connectivity index (χ4v) is 0.250. The summed E-state index contributed by atoms with van der Waals surface area (Å²) in [5.74, 6) is 0. The van der Waals surface area contributed by atoms with Gasteiger partial charge in [0.25, 0.3) is 0 Å². The minimum atomic E-state index is 0.440. The Morgan fingerprint density at radius 1 is 1.83 bits per heavy atom. The molecule has 1 heterocycles. The first-order valence-electron chi connectivity index (χ1n) is 1.36. The highest BCUT2D eigenvalue weighted by Gasteiger charge is 1.81. The van der Waals surface area contributed by atoms with Crippen LogP contribution in [0.15, 0.2) is 15.8 Å². The Hall–Kier alpha value is -0.510. The lowest BCUT2D eigenvalue weighted by Crippen LogP contribution is -1.53. The molecule has 32 valence electrons. The molecule has 0 saturated carbocycles. The molecule has 1 aromatic rings. The molecule has 0 N–H and O–H groups in total. The van der Waals surface area contributed by atoms with Gasteiger partial charge in [0.05, 0.1) is 0 Å². The van der Waals surface area contributed by atoms with Crippen molar-refractivity contribution in [3.05, 3.63) is 6.20 Å². The number of aromatic nitrogens is 2. The third-order valence-corrected chi connectivity index (χ3v) is 0.547. The van der Waals surface area contributed by atoms with Crippen LogP contribution in [0.3, 0.4) is 0 Å². The van der Waals surface area contributed by atoms with Crippen molar-refractivity contribution in [1.82, 2.24) is 10.4 Å². The van der Waals surface area contributed by atoms with Gasteiger partial charge in [-0.3, -0.25) is 0 Å². The van der Waals surface area contributed by atoms with Crippen LogP contribution in [-0.4, -0.2) is 10.4 Å². The minimum Gasteiger partial charge on any atom is -0.331 e. The van der Waals surface area contributed by atoms with Crippen molar-refractivity contribution in [2.24, 2.45) is 0 Å². The Labute approximate surface area is 39.7 Å². The largest absolute Gasteiger partial charge is 0.331 e. The molecular formula is C2H2N2OS. The van der Waals surface area contributed by atoms with Gasteiger partial charge in [0, 0.05) is 5.27 Å². The van der Waals surface area contributed by atoms with Crippen LogP contribution in [0.1, 0.15) is 0 Å². The molecule has 1 aromatic heterocycles. The second-order valence-corrected chi connectivity index (χ2v) is 1.20. The van der Waals surface area contributed by atoms with Crippen molar-refractivity contribution in [3.63, 3.8) is 0 Å². The van der Waals surface area contributed by atoms with Gasteiger partial charge in [-0.2, -0.15) is 0 Å². The van der Waals surface area contributed by atoms with Gasteiger partial charge in [-0.25, -0.2) is 0 Å². The molecule has 6 heavy (non-hydrogen) atoms. The van der Waals surface area contributed by atoms with E-state index < -0.39 is 0 Å². The summed E-state index contributed by atoms with van der Waals surface area (Å²) in [7, 11) is 0. The fourth-order valence-electron chi connectivity index (χ4n) is 0.162. The average Bonchev–Trinajstić information content (AvgIpc) is 1.86. The van der Waals surface area contributed by atoms with Crippen LogP contribution in [0.25, 0.3) is 0 Å². The van der Waals surface area contributed by atoms with Gasteiger partial charge in [-0.15, -0.1) is 17.7 Å².